The highest BCUT2D eigenvalue weighted by Gasteiger charge is 2.33. The van der Waals surface area contributed by atoms with Crippen molar-refractivity contribution < 1.29 is 23.7 Å². The standard InChI is InChI=1S/C24H30N2O5/c1-3-30-23(27)19-6-8-20(9-7-19)25-26-21-10-12-22(13-11-21)31-15-5-4-14-28-16-24(2)17-29-18-24/h6-13H,3-5,14-18H2,1-2H3. The van der Waals surface area contributed by atoms with Crippen molar-refractivity contribution in [2.45, 2.75) is 26.7 Å². The molecule has 0 bridgehead atoms. The van der Waals surface area contributed by atoms with Crippen LogP contribution in [0.1, 0.15) is 37.0 Å². The molecule has 166 valence electrons. The molecular formula is C24H30N2O5. The molecule has 2 aromatic carbocycles. The molecule has 31 heavy (non-hydrogen) atoms. The molecule has 0 N–H and O–H groups in total. The van der Waals surface area contributed by atoms with E-state index in [4.69, 9.17) is 18.9 Å². The summed E-state index contributed by atoms with van der Waals surface area (Å²) in [5.41, 5.74) is 2.09. The lowest BCUT2D eigenvalue weighted by Gasteiger charge is -2.37. The lowest BCUT2D eigenvalue weighted by molar-refractivity contribution is -0.138. The summed E-state index contributed by atoms with van der Waals surface area (Å²) < 4.78 is 21.7. The van der Waals surface area contributed by atoms with Gasteiger partial charge in [-0.15, -0.1) is 0 Å². The van der Waals surface area contributed by atoms with E-state index >= 15 is 0 Å². The van der Waals surface area contributed by atoms with Crippen LogP contribution in [0.5, 0.6) is 5.75 Å². The fourth-order valence-electron chi connectivity index (χ4n) is 2.95. The molecule has 7 nitrogen and oxygen atoms in total. The Morgan fingerprint density at radius 2 is 1.58 bits per heavy atom. The zero-order chi connectivity index (χ0) is 21.9. The number of carbonyl (C=O) groups is 1. The predicted molar refractivity (Wildman–Crippen MR) is 117 cm³/mol. The third-order valence-electron chi connectivity index (χ3n) is 4.80. The Labute approximate surface area is 183 Å². The molecule has 2 aromatic rings. The molecule has 1 aliphatic rings. The van der Waals surface area contributed by atoms with Crippen LogP contribution in [-0.4, -0.2) is 45.6 Å². The Kier molecular flexibility index (Phi) is 8.55. The Morgan fingerprint density at radius 1 is 0.968 bits per heavy atom. The zero-order valence-corrected chi connectivity index (χ0v) is 18.2. The minimum absolute atomic E-state index is 0.210. The van der Waals surface area contributed by atoms with E-state index in [1.807, 2.05) is 24.3 Å². The third kappa shape index (κ3) is 7.45. The smallest absolute Gasteiger partial charge is 0.338 e. The second-order valence-corrected chi connectivity index (χ2v) is 7.87. The second-order valence-electron chi connectivity index (χ2n) is 7.87. The summed E-state index contributed by atoms with van der Waals surface area (Å²) in [4.78, 5) is 11.7. The molecule has 3 rings (SSSR count). The van der Waals surface area contributed by atoms with Crippen LogP contribution in [0.15, 0.2) is 58.8 Å². The largest absolute Gasteiger partial charge is 0.494 e. The Hall–Kier alpha value is -2.77. The number of nitrogens with zero attached hydrogens (tertiary/aromatic N) is 2. The normalized spacial score (nSPS) is 14.9. The molecule has 0 aliphatic carbocycles. The SMILES string of the molecule is CCOC(=O)c1ccc(N=Nc2ccc(OCCCCOCC3(C)COC3)cc2)cc1. The molecule has 0 amide bonds. The van der Waals surface area contributed by atoms with Crippen molar-refractivity contribution in [2.75, 3.05) is 39.6 Å². The van der Waals surface area contributed by atoms with Crippen LogP contribution < -0.4 is 4.74 Å². The summed E-state index contributed by atoms with van der Waals surface area (Å²) in [6.07, 6.45) is 1.91. The highest BCUT2D eigenvalue weighted by atomic mass is 16.5. The Balaban J connectivity index is 1.34. The van der Waals surface area contributed by atoms with Gasteiger partial charge in [-0.3, -0.25) is 0 Å². The van der Waals surface area contributed by atoms with Gasteiger partial charge in [0.05, 0.1) is 50.0 Å². The molecule has 1 saturated heterocycles. The van der Waals surface area contributed by atoms with Gasteiger partial charge in [-0.2, -0.15) is 10.2 Å². The molecule has 0 aromatic heterocycles. The number of azo groups is 1. The van der Waals surface area contributed by atoms with E-state index in [1.165, 1.54) is 0 Å². The number of unbranched alkanes of at least 4 members (excludes halogenated alkanes) is 1. The molecule has 1 heterocycles. The van der Waals surface area contributed by atoms with Crippen molar-refractivity contribution in [3.8, 4) is 5.75 Å². The van der Waals surface area contributed by atoms with Crippen LogP contribution in [0.2, 0.25) is 0 Å². The fourth-order valence-corrected chi connectivity index (χ4v) is 2.95. The van der Waals surface area contributed by atoms with Gasteiger partial charge in [-0.25, -0.2) is 4.79 Å². The number of esters is 1. The number of benzene rings is 2. The van der Waals surface area contributed by atoms with Crippen LogP contribution in [0.3, 0.4) is 0 Å². The van der Waals surface area contributed by atoms with Crippen molar-refractivity contribution in [1.29, 1.82) is 0 Å². The maximum atomic E-state index is 11.7. The fraction of sp³-hybridized carbons (Fsp3) is 0.458. The van der Waals surface area contributed by atoms with E-state index in [-0.39, 0.29) is 11.4 Å². The first-order valence-electron chi connectivity index (χ1n) is 10.7. The Morgan fingerprint density at radius 3 is 2.16 bits per heavy atom. The topological polar surface area (TPSA) is 78.7 Å². The molecule has 0 atom stereocenters. The van der Waals surface area contributed by atoms with Gasteiger partial charge < -0.3 is 18.9 Å². The molecule has 0 radical (unpaired) electrons. The van der Waals surface area contributed by atoms with Crippen molar-refractivity contribution in [3.63, 3.8) is 0 Å². The molecule has 1 fully saturated rings. The molecule has 1 aliphatic heterocycles. The first kappa shape index (κ1) is 22.9. The van der Waals surface area contributed by atoms with Crippen LogP contribution in [0, 0.1) is 5.41 Å². The number of hydrogen-bond acceptors (Lipinski definition) is 7. The summed E-state index contributed by atoms with van der Waals surface area (Å²) in [5.74, 6) is 0.463. The van der Waals surface area contributed by atoms with Crippen molar-refractivity contribution >= 4 is 17.3 Å². The lowest BCUT2D eigenvalue weighted by Crippen LogP contribution is -2.43. The first-order valence-corrected chi connectivity index (χ1v) is 10.7. The van der Waals surface area contributed by atoms with Crippen LogP contribution in [0.25, 0.3) is 0 Å². The van der Waals surface area contributed by atoms with Gasteiger partial charge in [0.1, 0.15) is 5.75 Å². The van der Waals surface area contributed by atoms with E-state index < -0.39 is 0 Å². The minimum atomic E-state index is -0.341. The third-order valence-corrected chi connectivity index (χ3v) is 4.80. The van der Waals surface area contributed by atoms with Gasteiger partial charge in [0, 0.05) is 12.0 Å². The van der Waals surface area contributed by atoms with Crippen LogP contribution in [-0.2, 0) is 14.2 Å². The molecule has 0 unspecified atom stereocenters. The van der Waals surface area contributed by atoms with E-state index in [1.54, 1.807) is 31.2 Å². The van der Waals surface area contributed by atoms with E-state index in [0.29, 0.717) is 24.5 Å². The molecular weight excluding hydrogens is 396 g/mol. The van der Waals surface area contributed by atoms with Crippen LogP contribution in [0.4, 0.5) is 11.4 Å². The summed E-state index contributed by atoms with van der Waals surface area (Å²) in [6, 6.07) is 14.3. The Bertz CT molecular complexity index is 845. The average molecular weight is 427 g/mol. The number of ether oxygens (including phenoxy) is 4. The van der Waals surface area contributed by atoms with Gasteiger partial charge >= 0.3 is 5.97 Å². The predicted octanol–water partition coefficient (Wildman–Crippen LogP) is 5.49. The summed E-state index contributed by atoms with van der Waals surface area (Å²) in [6.45, 7) is 8.08. The maximum Gasteiger partial charge on any atom is 0.338 e. The summed E-state index contributed by atoms with van der Waals surface area (Å²) >= 11 is 0. The first-order chi connectivity index (χ1) is 15.1. The highest BCUT2D eigenvalue weighted by Crippen LogP contribution is 2.26. The second kappa shape index (κ2) is 11.6. The monoisotopic (exact) mass is 426 g/mol. The lowest BCUT2D eigenvalue weighted by atomic mass is 9.90. The van der Waals surface area contributed by atoms with Gasteiger partial charge in [0.2, 0.25) is 0 Å². The summed E-state index contributed by atoms with van der Waals surface area (Å²) in [7, 11) is 0. The molecule has 7 heteroatoms. The quantitative estimate of drug-likeness (QED) is 0.255. The van der Waals surface area contributed by atoms with E-state index in [2.05, 4.69) is 17.2 Å². The van der Waals surface area contributed by atoms with Crippen LogP contribution >= 0.6 is 0 Å². The van der Waals surface area contributed by atoms with Gasteiger partial charge in [-0.05, 0) is 68.3 Å². The highest BCUT2D eigenvalue weighted by molar-refractivity contribution is 5.89. The van der Waals surface area contributed by atoms with Gasteiger partial charge in [0.25, 0.3) is 0 Å². The van der Waals surface area contributed by atoms with Crippen molar-refractivity contribution in [2.24, 2.45) is 15.6 Å². The molecule has 0 saturated carbocycles. The maximum absolute atomic E-state index is 11.7. The number of carbonyl (C=O) groups excluding carboxylic acids is 1. The zero-order valence-electron chi connectivity index (χ0n) is 18.2. The number of rotatable bonds is 12. The minimum Gasteiger partial charge on any atom is -0.494 e. The van der Waals surface area contributed by atoms with Crippen molar-refractivity contribution in [1.82, 2.24) is 0 Å². The summed E-state index contributed by atoms with van der Waals surface area (Å²) in [5, 5.41) is 8.41. The van der Waals surface area contributed by atoms with Gasteiger partial charge in [0.15, 0.2) is 0 Å². The van der Waals surface area contributed by atoms with E-state index in [9.17, 15) is 4.79 Å². The molecule has 0 spiro atoms. The van der Waals surface area contributed by atoms with E-state index in [0.717, 1.165) is 50.7 Å². The van der Waals surface area contributed by atoms with Gasteiger partial charge in [-0.1, -0.05) is 6.92 Å². The number of hydrogen-bond donors (Lipinski definition) is 0. The van der Waals surface area contributed by atoms with Crippen molar-refractivity contribution in [3.05, 3.63) is 54.1 Å². The average Bonchev–Trinajstić information content (AvgIpc) is 2.77.